The molecule has 1 aromatic heterocycles. The number of rotatable bonds is 3. The van der Waals surface area contributed by atoms with Gasteiger partial charge in [0.1, 0.15) is 5.82 Å². The third-order valence-electron chi connectivity index (χ3n) is 7.29. The third kappa shape index (κ3) is 3.15. The van der Waals surface area contributed by atoms with Gasteiger partial charge in [-0.1, -0.05) is 98.8 Å². The van der Waals surface area contributed by atoms with Crippen molar-refractivity contribution in [3.63, 3.8) is 0 Å². The molecule has 0 saturated heterocycles. The predicted octanol–water partition coefficient (Wildman–Crippen LogP) is 9.28. The van der Waals surface area contributed by atoms with Crippen molar-refractivity contribution < 1.29 is 0 Å². The molecule has 7 aromatic rings. The fourth-order valence-corrected chi connectivity index (χ4v) is 5.60. The van der Waals surface area contributed by atoms with Gasteiger partial charge >= 0.3 is 0 Å². The fourth-order valence-electron chi connectivity index (χ4n) is 5.60. The van der Waals surface area contributed by atoms with Crippen molar-refractivity contribution in [1.82, 2.24) is 9.55 Å². The lowest BCUT2D eigenvalue weighted by molar-refractivity contribution is 0.760. The van der Waals surface area contributed by atoms with Gasteiger partial charge in [0.05, 0.1) is 11.0 Å². The molecule has 1 heterocycles. The number of para-hydroxylation sites is 2. The number of nitrogens with zero attached hydrogens (tertiary/aromatic N) is 2. The molecule has 172 valence electrons. The Morgan fingerprint density at radius 3 is 2.11 bits per heavy atom. The second-order valence-electron chi connectivity index (χ2n) is 9.85. The second kappa shape index (κ2) is 8.07. The van der Waals surface area contributed by atoms with Gasteiger partial charge in [0.15, 0.2) is 0 Å². The van der Waals surface area contributed by atoms with Crippen LogP contribution in [0.15, 0.2) is 115 Å². The quantitative estimate of drug-likeness (QED) is 0.239. The molecule has 2 heteroatoms. The summed E-state index contributed by atoms with van der Waals surface area (Å²) in [7, 11) is 0. The van der Waals surface area contributed by atoms with E-state index in [9.17, 15) is 0 Å². The predicted molar refractivity (Wildman–Crippen MR) is 153 cm³/mol. The first kappa shape index (κ1) is 20.9. The molecule has 36 heavy (non-hydrogen) atoms. The van der Waals surface area contributed by atoms with Gasteiger partial charge in [-0.3, -0.25) is 4.57 Å². The van der Waals surface area contributed by atoms with Gasteiger partial charge in [-0.2, -0.15) is 0 Å². The average molecular weight is 463 g/mol. The number of imidazole rings is 1. The van der Waals surface area contributed by atoms with Gasteiger partial charge in [0.2, 0.25) is 0 Å². The van der Waals surface area contributed by atoms with Crippen molar-refractivity contribution in [2.24, 2.45) is 0 Å². The molecule has 2 nitrogen and oxygen atoms in total. The smallest absolute Gasteiger partial charge is 0.117 e. The molecule has 0 radical (unpaired) electrons. The molecule has 0 aliphatic carbocycles. The molecule has 0 spiro atoms. The minimum Gasteiger partial charge on any atom is -0.296 e. The van der Waals surface area contributed by atoms with E-state index in [4.69, 9.17) is 4.98 Å². The van der Waals surface area contributed by atoms with E-state index in [1.807, 2.05) is 0 Å². The van der Waals surface area contributed by atoms with Crippen molar-refractivity contribution in [3.05, 3.63) is 121 Å². The summed E-state index contributed by atoms with van der Waals surface area (Å²) in [4.78, 5) is 4.94. The van der Waals surface area contributed by atoms with Gasteiger partial charge in [-0.25, -0.2) is 4.98 Å². The molecule has 0 unspecified atom stereocenters. The lowest BCUT2D eigenvalue weighted by Gasteiger charge is -2.15. The van der Waals surface area contributed by atoms with E-state index < -0.39 is 0 Å². The maximum atomic E-state index is 4.94. The summed E-state index contributed by atoms with van der Waals surface area (Å²) in [6.45, 7) is 4.41. The van der Waals surface area contributed by atoms with Gasteiger partial charge in [0.25, 0.3) is 0 Å². The van der Waals surface area contributed by atoms with Crippen LogP contribution in [0.2, 0.25) is 0 Å². The largest absolute Gasteiger partial charge is 0.296 e. The van der Waals surface area contributed by atoms with E-state index in [1.54, 1.807) is 0 Å². The number of hydrogen-bond donors (Lipinski definition) is 0. The van der Waals surface area contributed by atoms with E-state index >= 15 is 0 Å². The van der Waals surface area contributed by atoms with Gasteiger partial charge in [0, 0.05) is 11.6 Å². The summed E-state index contributed by atoms with van der Waals surface area (Å²) in [5.74, 6) is 1.42. The van der Waals surface area contributed by atoms with Crippen molar-refractivity contribution in [1.29, 1.82) is 0 Å². The fraction of sp³-hybridized carbons (Fsp3) is 0.0882. The van der Waals surface area contributed by atoms with Crippen molar-refractivity contribution in [3.8, 4) is 16.8 Å². The normalized spacial score (nSPS) is 11.9. The van der Waals surface area contributed by atoms with Crippen LogP contribution in [-0.4, -0.2) is 9.55 Å². The number of aromatic nitrogens is 2. The van der Waals surface area contributed by atoms with E-state index in [2.05, 4.69) is 134 Å². The molecule has 0 aliphatic heterocycles. The molecule has 0 saturated carbocycles. The summed E-state index contributed by atoms with van der Waals surface area (Å²) in [5, 5.41) is 7.74. The van der Waals surface area contributed by atoms with Crippen molar-refractivity contribution >= 4 is 43.4 Å². The van der Waals surface area contributed by atoms with Crippen LogP contribution in [0.5, 0.6) is 0 Å². The Morgan fingerprint density at radius 1 is 0.611 bits per heavy atom. The van der Waals surface area contributed by atoms with E-state index in [-0.39, 0.29) is 0 Å². The summed E-state index contributed by atoms with van der Waals surface area (Å²) in [6.07, 6.45) is 0. The highest BCUT2D eigenvalue weighted by Crippen LogP contribution is 2.39. The Morgan fingerprint density at radius 2 is 1.31 bits per heavy atom. The van der Waals surface area contributed by atoms with Gasteiger partial charge < -0.3 is 0 Å². The minimum atomic E-state index is 0.327. The Bertz CT molecular complexity index is 1910. The maximum Gasteiger partial charge on any atom is 0.117 e. The lowest BCUT2D eigenvalue weighted by Crippen LogP contribution is -2.03. The standard InChI is InChI=1S/C34H26N2/c1-22(2)34-35-31-13-7-8-14-32(31)36(34)26-18-15-24(16-19-26)30-21-25-10-4-5-11-27(25)29-20-17-23-9-3-6-12-28(23)33(29)30/h3-22H,1-2H3. The maximum absolute atomic E-state index is 4.94. The summed E-state index contributed by atoms with van der Waals surface area (Å²) >= 11 is 0. The molecule has 0 amide bonds. The molecule has 0 aliphatic rings. The average Bonchev–Trinajstić information content (AvgIpc) is 3.32. The Kier molecular flexibility index (Phi) is 4.68. The highest BCUT2D eigenvalue weighted by molar-refractivity contribution is 6.22. The topological polar surface area (TPSA) is 17.8 Å². The highest BCUT2D eigenvalue weighted by Gasteiger charge is 2.16. The second-order valence-corrected chi connectivity index (χ2v) is 9.85. The van der Waals surface area contributed by atoms with Crippen LogP contribution in [0.25, 0.3) is 60.2 Å². The first-order valence-corrected chi connectivity index (χ1v) is 12.6. The SMILES string of the molecule is CC(C)c1nc2ccccc2n1-c1ccc(-c2cc3ccccc3c3ccc4ccccc4c23)cc1. The lowest BCUT2D eigenvalue weighted by atomic mass is 9.90. The minimum absolute atomic E-state index is 0.327. The van der Waals surface area contributed by atoms with Crippen molar-refractivity contribution in [2.45, 2.75) is 19.8 Å². The van der Waals surface area contributed by atoms with Crippen LogP contribution in [0, 0.1) is 0 Å². The van der Waals surface area contributed by atoms with Crippen LogP contribution >= 0.6 is 0 Å². The zero-order valence-corrected chi connectivity index (χ0v) is 20.4. The Balaban J connectivity index is 1.48. The Labute approximate surface area is 210 Å². The first-order valence-electron chi connectivity index (χ1n) is 12.6. The molecule has 0 fully saturated rings. The van der Waals surface area contributed by atoms with Crippen molar-refractivity contribution in [2.75, 3.05) is 0 Å². The summed E-state index contributed by atoms with van der Waals surface area (Å²) < 4.78 is 2.30. The first-order chi connectivity index (χ1) is 17.7. The molecule has 7 rings (SSSR count). The van der Waals surface area contributed by atoms with E-state index in [0.29, 0.717) is 5.92 Å². The number of fused-ring (bicyclic) bond motifs is 6. The molecule has 0 atom stereocenters. The third-order valence-corrected chi connectivity index (χ3v) is 7.29. The molecule has 0 bridgehead atoms. The molecule has 0 N–H and O–H groups in total. The van der Waals surface area contributed by atoms with Crippen LogP contribution in [-0.2, 0) is 0 Å². The molecular weight excluding hydrogens is 436 g/mol. The Hall–Kier alpha value is -4.43. The zero-order chi connectivity index (χ0) is 24.2. The van der Waals surface area contributed by atoms with Crippen LogP contribution in [0.4, 0.5) is 0 Å². The molecular formula is C34H26N2. The summed E-state index contributed by atoms with van der Waals surface area (Å²) in [5.41, 5.74) is 5.83. The zero-order valence-electron chi connectivity index (χ0n) is 20.4. The van der Waals surface area contributed by atoms with Gasteiger partial charge in [-0.15, -0.1) is 0 Å². The summed E-state index contributed by atoms with van der Waals surface area (Å²) in [6, 6.07) is 41.7. The van der Waals surface area contributed by atoms with E-state index in [0.717, 1.165) is 22.5 Å². The van der Waals surface area contributed by atoms with Crippen LogP contribution < -0.4 is 0 Å². The monoisotopic (exact) mass is 462 g/mol. The van der Waals surface area contributed by atoms with Crippen LogP contribution in [0.1, 0.15) is 25.6 Å². The van der Waals surface area contributed by atoms with Crippen LogP contribution in [0.3, 0.4) is 0 Å². The molecule has 6 aromatic carbocycles. The van der Waals surface area contributed by atoms with Gasteiger partial charge in [-0.05, 0) is 73.8 Å². The highest BCUT2D eigenvalue weighted by atomic mass is 15.1. The van der Waals surface area contributed by atoms with E-state index in [1.165, 1.54) is 43.4 Å². The number of hydrogen-bond acceptors (Lipinski definition) is 1. The number of benzene rings is 6.